The quantitative estimate of drug-likeness (QED) is 0.274. The van der Waals surface area contributed by atoms with Crippen molar-refractivity contribution in [2.75, 3.05) is 0 Å². The number of benzene rings is 2. The highest BCUT2D eigenvalue weighted by atomic mass is 16.7. The molecule has 0 amide bonds. The van der Waals surface area contributed by atoms with Gasteiger partial charge >= 0.3 is 6.16 Å². The molecule has 3 nitrogen and oxygen atoms in total. The number of hydrogen-bond acceptors (Lipinski definition) is 2. The number of unbranched alkanes of at least 4 members (excludes halogenated alkanes) is 4. The second-order valence-electron chi connectivity index (χ2n) is 7.17. The van der Waals surface area contributed by atoms with Crippen LogP contribution in [0.1, 0.15) is 69.1 Å². The first-order valence-corrected chi connectivity index (χ1v) is 10.2. The third kappa shape index (κ3) is 5.85. The van der Waals surface area contributed by atoms with E-state index in [0.29, 0.717) is 5.75 Å². The van der Waals surface area contributed by atoms with Gasteiger partial charge in [-0.2, -0.15) is 0 Å². The Labute approximate surface area is 163 Å². The maximum absolute atomic E-state index is 11.2. The first kappa shape index (κ1) is 21.0. The zero-order valence-electron chi connectivity index (χ0n) is 16.9. The first-order chi connectivity index (χ1) is 13.1. The SMILES string of the molecule is CCCCCc1c(OC(=O)O)ccc(-c2ccccc2C)c1CCCCC. The topological polar surface area (TPSA) is 46.5 Å². The number of rotatable bonds is 10. The summed E-state index contributed by atoms with van der Waals surface area (Å²) < 4.78 is 5.16. The lowest BCUT2D eigenvalue weighted by Crippen LogP contribution is -2.09. The molecule has 0 aliphatic rings. The molecule has 3 heteroatoms. The smallest absolute Gasteiger partial charge is 0.449 e. The third-order valence-electron chi connectivity index (χ3n) is 5.08. The lowest BCUT2D eigenvalue weighted by molar-refractivity contribution is 0.144. The molecule has 0 aromatic heterocycles. The van der Waals surface area contributed by atoms with Crippen LogP contribution in [-0.4, -0.2) is 11.3 Å². The number of ether oxygens (including phenoxy) is 1. The molecular formula is C24H32O3. The van der Waals surface area contributed by atoms with Crippen LogP contribution in [0.5, 0.6) is 5.75 Å². The Kier molecular flexibility index (Phi) is 8.38. The van der Waals surface area contributed by atoms with Crippen molar-refractivity contribution in [2.24, 2.45) is 0 Å². The first-order valence-electron chi connectivity index (χ1n) is 10.2. The molecule has 0 fully saturated rings. The summed E-state index contributed by atoms with van der Waals surface area (Å²) in [5.74, 6) is 0.502. The van der Waals surface area contributed by atoms with Gasteiger partial charge in [0.2, 0.25) is 0 Å². The molecule has 0 saturated heterocycles. The van der Waals surface area contributed by atoms with Crippen molar-refractivity contribution >= 4 is 6.16 Å². The van der Waals surface area contributed by atoms with Crippen LogP contribution >= 0.6 is 0 Å². The maximum Gasteiger partial charge on any atom is 0.511 e. The summed E-state index contributed by atoms with van der Waals surface area (Å²) in [5.41, 5.74) is 6.01. The standard InChI is InChI=1S/C24H32O3/c1-4-6-8-14-20-21(19-13-11-10-12-18(19)3)16-17-23(27-24(25)26)22(20)15-9-7-5-2/h10-13,16-17H,4-9,14-15H2,1-3H3,(H,25,26). The summed E-state index contributed by atoms with van der Waals surface area (Å²) in [6.45, 7) is 6.51. The Bertz CT molecular complexity index is 749. The van der Waals surface area contributed by atoms with Gasteiger partial charge in [0, 0.05) is 0 Å². The Morgan fingerprint density at radius 1 is 0.852 bits per heavy atom. The van der Waals surface area contributed by atoms with Gasteiger partial charge in [0.25, 0.3) is 0 Å². The normalized spacial score (nSPS) is 10.8. The minimum Gasteiger partial charge on any atom is -0.449 e. The third-order valence-corrected chi connectivity index (χ3v) is 5.08. The fourth-order valence-electron chi connectivity index (χ4n) is 3.65. The van der Waals surface area contributed by atoms with Gasteiger partial charge in [-0.3, -0.25) is 0 Å². The summed E-state index contributed by atoms with van der Waals surface area (Å²) in [6.07, 6.45) is 7.33. The van der Waals surface area contributed by atoms with E-state index in [9.17, 15) is 9.90 Å². The predicted molar refractivity (Wildman–Crippen MR) is 112 cm³/mol. The molecule has 27 heavy (non-hydrogen) atoms. The fraction of sp³-hybridized carbons (Fsp3) is 0.458. The lowest BCUT2D eigenvalue weighted by atomic mass is 9.87. The van der Waals surface area contributed by atoms with E-state index in [-0.39, 0.29) is 0 Å². The van der Waals surface area contributed by atoms with Gasteiger partial charge in [-0.25, -0.2) is 4.79 Å². The highest BCUT2D eigenvalue weighted by Crippen LogP contribution is 2.36. The largest absolute Gasteiger partial charge is 0.511 e. The van der Waals surface area contributed by atoms with Crippen molar-refractivity contribution in [1.29, 1.82) is 0 Å². The number of hydrogen-bond donors (Lipinski definition) is 1. The van der Waals surface area contributed by atoms with Crippen molar-refractivity contribution in [3.63, 3.8) is 0 Å². The van der Waals surface area contributed by atoms with E-state index in [4.69, 9.17) is 4.74 Å². The van der Waals surface area contributed by atoms with E-state index in [1.54, 1.807) is 0 Å². The summed E-state index contributed by atoms with van der Waals surface area (Å²) in [7, 11) is 0. The van der Waals surface area contributed by atoms with Crippen LogP contribution < -0.4 is 4.74 Å². The molecule has 0 radical (unpaired) electrons. The van der Waals surface area contributed by atoms with Crippen LogP contribution in [0, 0.1) is 6.92 Å². The van der Waals surface area contributed by atoms with Crippen LogP contribution in [-0.2, 0) is 12.8 Å². The number of aryl methyl sites for hydroxylation is 1. The highest BCUT2D eigenvalue weighted by molar-refractivity contribution is 5.74. The van der Waals surface area contributed by atoms with Gasteiger partial charge in [-0.05, 0) is 66.5 Å². The summed E-state index contributed by atoms with van der Waals surface area (Å²) >= 11 is 0. The molecule has 0 unspecified atom stereocenters. The van der Waals surface area contributed by atoms with Crippen molar-refractivity contribution < 1.29 is 14.6 Å². The van der Waals surface area contributed by atoms with Crippen molar-refractivity contribution in [3.05, 3.63) is 53.1 Å². The maximum atomic E-state index is 11.2. The minimum absolute atomic E-state index is 0.502. The van der Waals surface area contributed by atoms with Gasteiger partial charge < -0.3 is 9.84 Å². The summed E-state index contributed by atoms with van der Waals surface area (Å²) in [4.78, 5) is 11.2. The monoisotopic (exact) mass is 368 g/mol. The molecule has 2 aromatic carbocycles. The predicted octanol–water partition coefficient (Wildman–Crippen LogP) is 7.18. The van der Waals surface area contributed by atoms with Crippen LogP contribution in [0.4, 0.5) is 4.79 Å². The average molecular weight is 369 g/mol. The van der Waals surface area contributed by atoms with Crippen molar-refractivity contribution in [3.8, 4) is 16.9 Å². The summed E-state index contributed by atoms with van der Waals surface area (Å²) in [5, 5.41) is 9.18. The zero-order chi connectivity index (χ0) is 19.6. The molecule has 0 bridgehead atoms. The molecule has 0 aliphatic heterocycles. The second-order valence-corrected chi connectivity index (χ2v) is 7.17. The molecule has 0 aliphatic carbocycles. The van der Waals surface area contributed by atoms with Crippen molar-refractivity contribution in [2.45, 2.75) is 72.1 Å². The van der Waals surface area contributed by atoms with E-state index in [1.807, 2.05) is 12.1 Å². The average Bonchev–Trinajstić information content (AvgIpc) is 2.64. The molecule has 1 N–H and O–H groups in total. The van der Waals surface area contributed by atoms with Gasteiger partial charge in [0.1, 0.15) is 5.75 Å². The molecular weight excluding hydrogens is 336 g/mol. The minimum atomic E-state index is -1.24. The van der Waals surface area contributed by atoms with Crippen LogP contribution in [0.2, 0.25) is 0 Å². The molecule has 2 aromatic rings. The van der Waals surface area contributed by atoms with E-state index in [2.05, 4.69) is 45.0 Å². The van der Waals surface area contributed by atoms with Crippen LogP contribution in [0.15, 0.2) is 36.4 Å². The van der Waals surface area contributed by atoms with Gasteiger partial charge in [0.05, 0.1) is 0 Å². The van der Waals surface area contributed by atoms with Crippen LogP contribution in [0.3, 0.4) is 0 Å². The van der Waals surface area contributed by atoms with E-state index in [0.717, 1.165) is 50.5 Å². The Balaban J connectivity index is 2.55. The molecule has 0 saturated carbocycles. The Morgan fingerprint density at radius 2 is 1.48 bits per heavy atom. The lowest BCUT2D eigenvalue weighted by Gasteiger charge is -2.19. The number of carbonyl (C=O) groups is 1. The molecule has 0 atom stereocenters. The van der Waals surface area contributed by atoms with Crippen molar-refractivity contribution in [1.82, 2.24) is 0 Å². The molecule has 0 spiro atoms. The zero-order valence-corrected chi connectivity index (χ0v) is 16.9. The van der Waals surface area contributed by atoms with E-state index < -0.39 is 6.16 Å². The molecule has 2 rings (SSSR count). The van der Waals surface area contributed by atoms with E-state index in [1.165, 1.54) is 28.7 Å². The Hall–Kier alpha value is -2.29. The molecule has 146 valence electrons. The van der Waals surface area contributed by atoms with E-state index >= 15 is 0 Å². The van der Waals surface area contributed by atoms with Gasteiger partial charge in [-0.1, -0.05) is 69.9 Å². The fourth-order valence-corrected chi connectivity index (χ4v) is 3.65. The van der Waals surface area contributed by atoms with Gasteiger partial charge in [-0.15, -0.1) is 0 Å². The highest BCUT2D eigenvalue weighted by Gasteiger charge is 2.18. The Morgan fingerprint density at radius 3 is 2.07 bits per heavy atom. The molecule has 0 heterocycles. The summed E-state index contributed by atoms with van der Waals surface area (Å²) in [6, 6.07) is 12.3. The van der Waals surface area contributed by atoms with Crippen LogP contribution in [0.25, 0.3) is 11.1 Å². The number of carboxylic acid groups (broad SMARTS) is 1. The second kappa shape index (κ2) is 10.8. The van der Waals surface area contributed by atoms with Gasteiger partial charge in [0.15, 0.2) is 0 Å².